The van der Waals surface area contributed by atoms with Gasteiger partial charge in [-0.1, -0.05) is 17.7 Å². The molecule has 0 saturated carbocycles. The van der Waals surface area contributed by atoms with Gasteiger partial charge in [-0.15, -0.1) is 11.3 Å². The van der Waals surface area contributed by atoms with Crippen molar-refractivity contribution >= 4 is 40.6 Å². The number of thiophene rings is 1. The van der Waals surface area contributed by atoms with Crippen molar-refractivity contribution in [2.24, 2.45) is 0 Å². The van der Waals surface area contributed by atoms with E-state index in [2.05, 4.69) is 10.6 Å². The number of carboxylic acids is 1. The van der Waals surface area contributed by atoms with Crippen molar-refractivity contribution in [3.63, 3.8) is 0 Å². The second-order valence-electron chi connectivity index (χ2n) is 10.6. The van der Waals surface area contributed by atoms with Gasteiger partial charge in [0, 0.05) is 17.6 Å². The van der Waals surface area contributed by atoms with Crippen LogP contribution in [-0.2, 0) is 9.53 Å². The SMILES string of the molecule is COc1ccc(-c2cc(NC(=O)Nc3c(C)cc(C)cc3C)c(C(=O)N(C)C(COC(C)(C)C)C(=O)O)s2)cc1. The summed E-state index contributed by atoms with van der Waals surface area (Å²) in [6.45, 7) is 11.1. The molecule has 214 valence electrons. The number of hydrogen-bond donors (Lipinski definition) is 3. The number of ether oxygens (including phenoxy) is 2. The van der Waals surface area contributed by atoms with Crippen LogP contribution >= 0.6 is 11.3 Å². The number of nitrogens with one attached hydrogen (secondary N) is 2. The molecule has 3 N–H and O–H groups in total. The number of aliphatic carboxylic acids is 1. The first kappa shape index (κ1) is 30.6. The number of aryl methyl sites for hydroxylation is 3. The van der Waals surface area contributed by atoms with Crippen molar-refractivity contribution in [1.29, 1.82) is 0 Å². The van der Waals surface area contributed by atoms with Crippen LogP contribution in [0, 0.1) is 20.8 Å². The number of benzene rings is 2. The third kappa shape index (κ3) is 7.61. The topological polar surface area (TPSA) is 117 Å². The summed E-state index contributed by atoms with van der Waals surface area (Å²) in [5.74, 6) is -1.06. The average Bonchev–Trinajstić information content (AvgIpc) is 3.28. The number of methoxy groups -OCH3 is 1. The fourth-order valence-electron chi connectivity index (χ4n) is 4.16. The Labute approximate surface area is 239 Å². The molecule has 10 heteroatoms. The van der Waals surface area contributed by atoms with Crippen molar-refractivity contribution in [3.05, 3.63) is 64.0 Å². The maximum atomic E-state index is 13.7. The van der Waals surface area contributed by atoms with Crippen LogP contribution in [0.3, 0.4) is 0 Å². The molecule has 0 aliphatic rings. The van der Waals surface area contributed by atoms with Crippen molar-refractivity contribution in [1.82, 2.24) is 4.90 Å². The summed E-state index contributed by atoms with van der Waals surface area (Å²) in [4.78, 5) is 40.9. The molecular weight excluding hydrogens is 530 g/mol. The van der Waals surface area contributed by atoms with Gasteiger partial charge in [0.05, 0.1) is 25.0 Å². The van der Waals surface area contributed by atoms with Crippen molar-refractivity contribution in [2.45, 2.75) is 53.2 Å². The van der Waals surface area contributed by atoms with Gasteiger partial charge >= 0.3 is 12.0 Å². The number of hydrogen-bond acceptors (Lipinski definition) is 6. The van der Waals surface area contributed by atoms with Gasteiger partial charge in [-0.2, -0.15) is 0 Å². The Balaban J connectivity index is 1.97. The van der Waals surface area contributed by atoms with Gasteiger partial charge in [-0.05, 0) is 88.6 Å². The second-order valence-corrected chi connectivity index (χ2v) is 11.7. The largest absolute Gasteiger partial charge is 0.497 e. The standard InChI is InChI=1S/C30H37N3O6S/c1-17-13-18(2)25(19(3)14-17)32-29(37)31-22-15-24(20-9-11-21(38-8)12-10-20)40-26(22)27(34)33(7)23(28(35)36)16-39-30(4,5)6/h9-15,23H,16H2,1-8H3,(H,35,36)(H2,31,32,37). The van der Waals surface area contributed by atoms with Crippen molar-refractivity contribution < 1.29 is 29.0 Å². The molecule has 0 saturated heterocycles. The Bertz CT molecular complexity index is 1370. The van der Waals surface area contributed by atoms with E-state index in [0.29, 0.717) is 11.4 Å². The summed E-state index contributed by atoms with van der Waals surface area (Å²) in [7, 11) is 3.00. The molecular formula is C30H37N3O6S. The Hall–Kier alpha value is -3.89. The normalized spacial score (nSPS) is 12.0. The number of urea groups is 1. The van der Waals surface area contributed by atoms with Crippen LogP contribution in [0.2, 0.25) is 0 Å². The number of carbonyl (C=O) groups is 3. The second kappa shape index (κ2) is 12.5. The monoisotopic (exact) mass is 567 g/mol. The van der Waals surface area contributed by atoms with Gasteiger partial charge < -0.3 is 30.1 Å². The highest BCUT2D eigenvalue weighted by Crippen LogP contribution is 2.37. The highest BCUT2D eigenvalue weighted by Gasteiger charge is 2.32. The van der Waals surface area contributed by atoms with Gasteiger partial charge in [0.2, 0.25) is 0 Å². The quantitative estimate of drug-likeness (QED) is 0.278. The molecule has 2 aromatic carbocycles. The lowest BCUT2D eigenvalue weighted by Crippen LogP contribution is -2.46. The van der Waals surface area contributed by atoms with Crippen LogP contribution in [0.1, 0.15) is 47.1 Å². The molecule has 0 radical (unpaired) electrons. The minimum absolute atomic E-state index is 0.187. The van der Waals surface area contributed by atoms with E-state index < -0.39 is 29.6 Å². The van der Waals surface area contributed by atoms with Gasteiger partial charge in [0.25, 0.3) is 5.91 Å². The van der Waals surface area contributed by atoms with E-state index in [0.717, 1.165) is 43.4 Å². The highest BCUT2D eigenvalue weighted by molar-refractivity contribution is 7.18. The minimum Gasteiger partial charge on any atom is -0.497 e. The molecule has 0 aliphatic carbocycles. The first-order valence-corrected chi connectivity index (χ1v) is 13.6. The van der Waals surface area contributed by atoms with E-state index in [1.54, 1.807) is 25.3 Å². The van der Waals surface area contributed by atoms with Crippen LogP contribution in [-0.4, -0.2) is 60.3 Å². The molecule has 40 heavy (non-hydrogen) atoms. The van der Waals surface area contributed by atoms with E-state index in [-0.39, 0.29) is 17.2 Å². The average molecular weight is 568 g/mol. The number of carboxylic acid groups (broad SMARTS) is 1. The molecule has 1 atom stereocenters. The molecule has 1 unspecified atom stereocenters. The molecule has 3 rings (SSSR count). The maximum absolute atomic E-state index is 13.7. The van der Waals surface area contributed by atoms with E-state index >= 15 is 0 Å². The highest BCUT2D eigenvalue weighted by atomic mass is 32.1. The number of rotatable bonds is 9. The summed E-state index contributed by atoms with van der Waals surface area (Å²) in [6.07, 6.45) is 0. The molecule has 1 aromatic heterocycles. The zero-order valence-corrected chi connectivity index (χ0v) is 25.0. The molecule has 3 amide bonds. The van der Waals surface area contributed by atoms with Crippen LogP contribution < -0.4 is 15.4 Å². The summed E-state index contributed by atoms with van der Waals surface area (Å²) in [5.41, 5.74) is 4.10. The first-order valence-electron chi connectivity index (χ1n) is 12.8. The molecule has 0 bridgehead atoms. The molecule has 0 spiro atoms. The minimum atomic E-state index is -1.22. The zero-order chi connectivity index (χ0) is 29.8. The Kier molecular flexibility index (Phi) is 9.60. The number of nitrogens with zero attached hydrogens (tertiary/aromatic N) is 1. The van der Waals surface area contributed by atoms with E-state index in [1.165, 1.54) is 7.05 Å². The lowest BCUT2D eigenvalue weighted by molar-refractivity contribution is -0.146. The van der Waals surface area contributed by atoms with Crippen molar-refractivity contribution in [3.8, 4) is 16.2 Å². The molecule has 3 aromatic rings. The summed E-state index contributed by atoms with van der Waals surface area (Å²) in [5, 5.41) is 15.6. The van der Waals surface area contributed by atoms with Gasteiger partial charge in [-0.25, -0.2) is 9.59 Å². The van der Waals surface area contributed by atoms with Crippen LogP contribution in [0.4, 0.5) is 16.2 Å². The number of carbonyl (C=O) groups excluding carboxylic acids is 2. The summed E-state index contributed by atoms with van der Waals surface area (Å²) < 4.78 is 10.9. The number of amides is 3. The van der Waals surface area contributed by atoms with Gasteiger partial charge in [0.1, 0.15) is 10.6 Å². The summed E-state index contributed by atoms with van der Waals surface area (Å²) in [6, 6.07) is 11.2. The van der Waals surface area contributed by atoms with Crippen LogP contribution in [0.15, 0.2) is 42.5 Å². The Morgan fingerprint density at radius 3 is 2.12 bits per heavy atom. The molecule has 0 aliphatic heterocycles. The lowest BCUT2D eigenvalue weighted by atomic mass is 10.1. The fraction of sp³-hybridized carbons (Fsp3) is 0.367. The first-order chi connectivity index (χ1) is 18.7. The Morgan fingerprint density at radius 2 is 1.60 bits per heavy atom. The van der Waals surface area contributed by atoms with E-state index in [4.69, 9.17) is 9.47 Å². The molecule has 1 heterocycles. The summed E-state index contributed by atoms with van der Waals surface area (Å²) >= 11 is 1.16. The number of likely N-dealkylation sites (N-methyl/N-ethyl adjacent to an activating group) is 1. The molecule has 9 nitrogen and oxygen atoms in total. The van der Waals surface area contributed by atoms with Crippen LogP contribution in [0.25, 0.3) is 10.4 Å². The predicted octanol–water partition coefficient (Wildman–Crippen LogP) is 6.33. The smallest absolute Gasteiger partial charge is 0.328 e. The predicted molar refractivity (Wildman–Crippen MR) is 159 cm³/mol. The molecule has 0 fully saturated rings. The van der Waals surface area contributed by atoms with Gasteiger partial charge in [0.15, 0.2) is 6.04 Å². The third-order valence-corrected chi connectivity index (χ3v) is 7.38. The van der Waals surface area contributed by atoms with Crippen molar-refractivity contribution in [2.75, 3.05) is 31.4 Å². The van der Waals surface area contributed by atoms with E-state index in [9.17, 15) is 19.5 Å². The Morgan fingerprint density at radius 1 is 1.00 bits per heavy atom. The maximum Gasteiger partial charge on any atom is 0.328 e. The lowest BCUT2D eigenvalue weighted by Gasteiger charge is -2.28. The van der Waals surface area contributed by atoms with E-state index in [1.807, 2.05) is 65.8 Å². The van der Waals surface area contributed by atoms with Gasteiger partial charge in [-0.3, -0.25) is 4.79 Å². The zero-order valence-electron chi connectivity index (χ0n) is 24.2. The fourth-order valence-corrected chi connectivity index (χ4v) is 5.27. The number of anilines is 2. The third-order valence-electron chi connectivity index (χ3n) is 6.21. The van der Waals surface area contributed by atoms with Crippen LogP contribution in [0.5, 0.6) is 5.75 Å².